The van der Waals surface area contributed by atoms with Gasteiger partial charge in [-0.25, -0.2) is 0 Å². The molecule has 0 unspecified atom stereocenters. The Morgan fingerprint density at radius 1 is 0.839 bits per heavy atom. The first-order chi connectivity index (χ1) is 15.3. The van der Waals surface area contributed by atoms with Gasteiger partial charge in [0.25, 0.3) is 5.91 Å². The minimum atomic E-state index is 0.0413. The standard InChI is InChI=1S/C26H25N3O2/c30-25(19-31-24-11-10-20-5-1-2-6-22(20)17-24)29-15-13-28(14-16-29)18-23-8-3-7-21-9-4-12-27-26(21)23/h1-12,17H,13-16,18-19H2. The second-order valence-corrected chi connectivity index (χ2v) is 7.95. The Labute approximate surface area is 181 Å². The lowest BCUT2D eigenvalue weighted by molar-refractivity contribution is -0.135. The number of hydrogen-bond donors (Lipinski definition) is 0. The molecule has 0 radical (unpaired) electrons. The van der Waals surface area contributed by atoms with Gasteiger partial charge in [0, 0.05) is 44.3 Å². The summed E-state index contributed by atoms with van der Waals surface area (Å²) in [5.41, 5.74) is 2.30. The van der Waals surface area contributed by atoms with Crippen molar-refractivity contribution in [2.75, 3.05) is 32.8 Å². The molecule has 5 nitrogen and oxygen atoms in total. The predicted octanol–water partition coefficient (Wildman–Crippen LogP) is 4.11. The van der Waals surface area contributed by atoms with Gasteiger partial charge >= 0.3 is 0 Å². The van der Waals surface area contributed by atoms with E-state index in [4.69, 9.17) is 4.74 Å². The van der Waals surface area contributed by atoms with Gasteiger partial charge < -0.3 is 9.64 Å². The maximum atomic E-state index is 12.6. The maximum Gasteiger partial charge on any atom is 0.260 e. The number of amides is 1. The third kappa shape index (κ3) is 4.37. The smallest absolute Gasteiger partial charge is 0.260 e. The maximum absolute atomic E-state index is 12.6. The summed E-state index contributed by atoms with van der Waals surface area (Å²) in [5, 5.41) is 3.45. The summed E-state index contributed by atoms with van der Waals surface area (Å²) in [4.78, 5) is 21.5. The molecule has 3 aromatic carbocycles. The summed E-state index contributed by atoms with van der Waals surface area (Å²) >= 11 is 0. The molecule has 0 spiro atoms. The van der Waals surface area contributed by atoms with Gasteiger partial charge in [-0.2, -0.15) is 0 Å². The number of fused-ring (bicyclic) bond motifs is 2. The van der Waals surface area contributed by atoms with E-state index < -0.39 is 0 Å². The van der Waals surface area contributed by atoms with E-state index in [2.05, 4.69) is 46.3 Å². The number of hydrogen-bond acceptors (Lipinski definition) is 4. The number of para-hydroxylation sites is 1. The molecular formula is C26H25N3O2. The first-order valence-electron chi connectivity index (χ1n) is 10.7. The van der Waals surface area contributed by atoms with Crippen LogP contribution in [0.3, 0.4) is 0 Å². The zero-order valence-electron chi connectivity index (χ0n) is 17.4. The number of nitrogens with zero attached hydrogens (tertiary/aromatic N) is 3. The van der Waals surface area contributed by atoms with Gasteiger partial charge in [-0.3, -0.25) is 14.7 Å². The average Bonchev–Trinajstić information content (AvgIpc) is 2.83. The fraction of sp³-hybridized carbons (Fsp3) is 0.231. The minimum Gasteiger partial charge on any atom is -0.484 e. The van der Waals surface area contributed by atoms with Crippen LogP contribution in [0, 0.1) is 0 Å². The normalized spacial score (nSPS) is 14.8. The molecule has 1 amide bonds. The van der Waals surface area contributed by atoms with E-state index in [1.54, 1.807) is 0 Å². The van der Waals surface area contributed by atoms with Crippen molar-refractivity contribution in [1.82, 2.24) is 14.8 Å². The fourth-order valence-corrected chi connectivity index (χ4v) is 4.18. The van der Waals surface area contributed by atoms with Gasteiger partial charge in [-0.1, -0.05) is 54.6 Å². The molecule has 0 N–H and O–H groups in total. The first-order valence-corrected chi connectivity index (χ1v) is 10.7. The van der Waals surface area contributed by atoms with Crippen molar-refractivity contribution in [2.24, 2.45) is 0 Å². The zero-order valence-corrected chi connectivity index (χ0v) is 17.4. The fourth-order valence-electron chi connectivity index (χ4n) is 4.18. The van der Waals surface area contributed by atoms with Gasteiger partial charge in [0.05, 0.1) is 5.52 Å². The van der Waals surface area contributed by atoms with Gasteiger partial charge in [-0.05, 0) is 34.5 Å². The molecule has 1 aliphatic heterocycles. The largest absolute Gasteiger partial charge is 0.484 e. The second kappa shape index (κ2) is 8.74. The number of carbonyl (C=O) groups excluding carboxylic acids is 1. The van der Waals surface area contributed by atoms with Crippen molar-refractivity contribution in [3.05, 3.63) is 84.6 Å². The number of rotatable bonds is 5. The van der Waals surface area contributed by atoms with E-state index in [1.165, 1.54) is 16.3 Å². The molecule has 156 valence electrons. The Morgan fingerprint density at radius 3 is 2.48 bits per heavy atom. The molecule has 4 aromatic rings. The summed E-state index contributed by atoms with van der Waals surface area (Å²) < 4.78 is 5.79. The summed E-state index contributed by atoms with van der Waals surface area (Å²) in [7, 11) is 0. The SMILES string of the molecule is O=C(COc1ccc2ccccc2c1)N1CCN(Cc2cccc3cccnc23)CC1. The molecule has 0 aliphatic carbocycles. The van der Waals surface area contributed by atoms with Crippen LogP contribution in [0.1, 0.15) is 5.56 Å². The van der Waals surface area contributed by atoms with Gasteiger partial charge in [0.15, 0.2) is 6.61 Å². The van der Waals surface area contributed by atoms with Crippen LogP contribution in [0.25, 0.3) is 21.7 Å². The number of pyridine rings is 1. The van der Waals surface area contributed by atoms with E-state index in [1.807, 2.05) is 47.5 Å². The van der Waals surface area contributed by atoms with E-state index in [9.17, 15) is 4.79 Å². The van der Waals surface area contributed by atoms with Crippen LogP contribution in [0.5, 0.6) is 5.75 Å². The molecule has 31 heavy (non-hydrogen) atoms. The molecule has 1 aromatic heterocycles. The van der Waals surface area contributed by atoms with Crippen LogP contribution in [-0.2, 0) is 11.3 Å². The Bertz CT molecular complexity index is 1210. The summed E-state index contributed by atoms with van der Waals surface area (Å²) in [6.45, 7) is 4.07. The van der Waals surface area contributed by atoms with E-state index in [-0.39, 0.29) is 12.5 Å². The number of benzene rings is 3. The molecule has 0 bridgehead atoms. The van der Waals surface area contributed by atoms with Crippen molar-refractivity contribution in [2.45, 2.75) is 6.54 Å². The van der Waals surface area contributed by atoms with Crippen LogP contribution < -0.4 is 4.74 Å². The van der Waals surface area contributed by atoms with E-state index >= 15 is 0 Å². The second-order valence-electron chi connectivity index (χ2n) is 7.95. The van der Waals surface area contributed by atoms with Crippen LogP contribution in [0.4, 0.5) is 0 Å². The monoisotopic (exact) mass is 411 g/mol. The van der Waals surface area contributed by atoms with Crippen LogP contribution in [0.2, 0.25) is 0 Å². The minimum absolute atomic E-state index is 0.0413. The number of carbonyl (C=O) groups is 1. The molecule has 5 heteroatoms. The number of aromatic nitrogens is 1. The third-order valence-electron chi connectivity index (χ3n) is 5.92. The summed E-state index contributed by atoms with van der Waals surface area (Å²) in [6.07, 6.45) is 1.85. The number of piperazine rings is 1. The van der Waals surface area contributed by atoms with Gasteiger partial charge in [-0.15, -0.1) is 0 Å². The van der Waals surface area contributed by atoms with Crippen molar-refractivity contribution in [1.29, 1.82) is 0 Å². The van der Waals surface area contributed by atoms with Crippen molar-refractivity contribution >= 4 is 27.6 Å². The lowest BCUT2D eigenvalue weighted by Gasteiger charge is -2.34. The van der Waals surface area contributed by atoms with E-state index in [0.29, 0.717) is 0 Å². The molecule has 5 rings (SSSR count). The van der Waals surface area contributed by atoms with Crippen molar-refractivity contribution in [3.63, 3.8) is 0 Å². The highest BCUT2D eigenvalue weighted by molar-refractivity contribution is 5.84. The lowest BCUT2D eigenvalue weighted by Crippen LogP contribution is -2.49. The Balaban J connectivity index is 1.15. The van der Waals surface area contributed by atoms with Crippen molar-refractivity contribution in [3.8, 4) is 5.75 Å². The topological polar surface area (TPSA) is 45.7 Å². The van der Waals surface area contributed by atoms with Crippen LogP contribution in [-0.4, -0.2) is 53.5 Å². The lowest BCUT2D eigenvalue weighted by atomic mass is 10.1. The van der Waals surface area contributed by atoms with Crippen LogP contribution >= 0.6 is 0 Å². The van der Waals surface area contributed by atoms with Gasteiger partial charge in [0.1, 0.15) is 5.75 Å². The summed E-state index contributed by atoms with van der Waals surface area (Å²) in [6, 6.07) is 24.5. The first kappa shape index (κ1) is 19.5. The molecule has 2 heterocycles. The Hall–Kier alpha value is -3.44. The number of ether oxygens (including phenoxy) is 1. The van der Waals surface area contributed by atoms with E-state index in [0.717, 1.165) is 49.4 Å². The molecule has 1 aliphatic rings. The Kier molecular flexibility index (Phi) is 5.50. The molecule has 0 saturated carbocycles. The zero-order chi connectivity index (χ0) is 21.0. The average molecular weight is 412 g/mol. The third-order valence-corrected chi connectivity index (χ3v) is 5.92. The molecule has 1 saturated heterocycles. The highest BCUT2D eigenvalue weighted by Crippen LogP contribution is 2.21. The van der Waals surface area contributed by atoms with Crippen LogP contribution in [0.15, 0.2) is 79.0 Å². The highest BCUT2D eigenvalue weighted by atomic mass is 16.5. The quantitative estimate of drug-likeness (QED) is 0.496. The van der Waals surface area contributed by atoms with Crippen molar-refractivity contribution < 1.29 is 9.53 Å². The molecular weight excluding hydrogens is 386 g/mol. The van der Waals surface area contributed by atoms with Gasteiger partial charge in [0.2, 0.25) is 0 Å². The summed E-state index contributed by atoms with van der Waals surface area (Å²) in [5.74, 6) is 0.772. The molecule has 1 fully saturated rings. The highest BCUT2D eigenvalue weighted by Gasteiger charge is 2.22. The molecule has 0 atom stereocenters. The predicted molar refractivity (Wildman–Crippen MR) is 123 cm³/mol. The Morgan fingerprint density at radius 2 is 1.61 bits per heavy atom.